The lowest BCUT2D eigenvalue weighted by molar-refractivity contribution is -0.123. The minimum absolute atomic E-state index is 0.0643. The third-order valence-corrected chi connectivity index (χ3v) is 5.94. The molecular weight excluding hydrogens is 543 g/mol. The summed E-state index contributed by atoms with van der Waals surface area (Å²) >= 11 is 6.90. The van der Waals surface area contributed by atoms with Crippen molar-refractivity contribution in [1.29, 1.82) is 0 Å². The van der Waals surface area contributed by atoms with Crippen LogP contribution in [0.15, 0.2) is 81.4 Å². The highest BCUT2D eigenvalue weighted by Gasteiger charge is 2.33. The SMILES string of the molecule is O=C1N/C(=C/c2ccc(OCc3ccc(Br)cc3)c(Br)c2)C(=O)N1Cc1ccc(F)cc1. The summed E-state index contributed by atoms with van der Waals surface area (Å²) in [4.78, 5) is 26.0. The number of amides is 3. The van der Waals surface area contributed by atoms with Gasteiger partial charge in [-0.05, 0) is 75.1 Å². The van der Waals surface area contributed by atoms with Gasteiger partial charge in [-0.25, -0.2) is 9.18 Å². The van der Waals surface area contributed by atoms with Crippen molar-refractivity contribution in [3.63, 3.8) is 0 Å². The predicted molar refractivity (Wildman–Crippen MR) is 126 cm³/mol. The number of ether oxygens (including phenoxy) is 1. The Balaban J connectivity index is 1.44. The van der Waals surface area contributed by atoms with E-state index in [4.69, 9.17) is 4.74 Å². The molecule has 0 saturated carbocycles. The Kier molecular flexibility index (Phi) is 6.72. The molecule has 3 aromatic carbocycles. The van der Waals surface area contributed by atoms with Crippen LogP contribution < -0.4 is 10.1 Å². The Labute approximate surface area is 201 Å². The van der Waals surface area contributed by atoms with Gasteiger partial charge < -0.3 is 10.1 Å². The highest BCUT2D eigenvalue weighted by molar-refractivity contribution is 9.10. The van der Waals surface area contributed by atoms with Gasteiger partial charge in [-0.15, -0.1) is 0 Å². The van der Waals surface area contributed by atoms with Crippen molar-refractivity contribution in [2.24, 2.45) is 0 Å². The van der Waals surface area contributed by atoms with Crippen LogP contribution in [0.5, 0.6) is 5.75 Å². The van der Waals surface area contributed by atoms with Crippen molar-refractivity contribution >= 4 is 49.9 Å². The number of nitrogens with zero attached hydrogens (tertiary/aromatic N) is 1. The number of nitrogens with one attached hydrogen (secondary N) is 1. The lowest BCUT2D eigenvalue weighted by Gasteiger charge is -2.11. The van der Waals surface area contributed by atoms with Gasteiger partial charge in [-0.2, -0.15) is 0 Å². The van der Waals surface area contributed by atoms with Crippen LogP contribution in [0.4, 0.5) is 9.18 Å². The van der Waals surface area contributed by atoms with Gasteiger partial charge in [0.1, 0.15) is 23.9 Å². The summed E-state index contributed by atoms with van der Waals surface area (Å²) in [5.41, 5.74) is 2.59. The van der Waals surface area contributed by atoms with Gasteiger partial charge in [0, 0.05) is 4.47 Å². The maximum atomic E-state index is 13.1. The Hall–Kier alpha value is -2.97. The first-order chi connectivity index (χ1) is 15.4. The molecule has 0 aliphatic carbocycles. The Bertz CT molecular complexity index is 1190. The van der Waals surface area contributed by atoms with E-state index < -0.39 is 11.9 Å². The van der Waals surface area contributed by atoms with E-state index >= 15 is 0 Å². The topological polar surface area (TPSA) is 58.6 Å². The van der Waals surface area contributed by atoms with Crippen LogP contribution in [-0.2, 0) is 17.9 Å². The molecular formula is C24H17Br2FN2O3. The Morgan fingerprint density at radius 3 is 2.31 bits per heavy atom. The summed E-state index contributed by atoms with van der Waals surface area (Å²) in [6.45, 7) is 0.480. The second-order valence-electron chi connectivity index (χ2n) is 7.11. The van der Waals surface area contributed by atoms with Crippen molar-refractivity contribution in [3.8, 4) is 5.75 Å². The zero-order chi connectivity index (χ0) is 22.7. The first-order valence-electron chi connectivity index (χ1n) is 9.65. The maximum absolute atomic E-state index is 13.1. The normalized spacial score (nSPS) is 14.7. The molecule has 0 bridgehead atoms. The number of hydrogen-bond acceptors (Lipinski definition) is 3. The van der Waals surface area contributed by atoms with Gasteiger partial charge in [-0.3, -0.25) is 9.69 Å². The predicted octanol–water partition coefficient (Wildman–Crippen LogP) is 6.02. The van der Waals surface area contributed by atoms with E-state index in [1.54, 1.807) is 30.3 Å². The highest BCUT2D eigenvalue weighted by Crippen LogP contribution is 2.28. The molecule has 0 atom stereocenters. The van der Waals surface area contributed by atoms with E-state index in [1.807, 2.05) is 30.3 Å². The Morgan fingerprint density at radius 2 is 1.62 bits per heavy atom. The summed E-state index contributed by atoms with van der Waals surface area (Å²) < 4.78 is 20.7. The van der Waals surface area contributed by atoms with Crippen LogP contribution in [-0.4, -0.2) is 16.8 Å². The zero-order valence-corrected chi connectivity index (χ0v) is 19.8. The van der Waals surface area contributed by atoms with Crippen LogP contribution in [0.3, 0.4) is 0 Å². The highest BCUT2D eigenvalue weighted by atomic mass is 79.9. The molecule has 162 valence electrons. The largest absolute Gasteiger partial charge is 0.488 e. The number of hydrogen-bond donors (Lipinski definition) is 1. The fourth-order valence-electron chi connectivity index (χ4n) is 3.12. The summed E-state index contributed by atoms with van der Waals surface area (Å²) in [7, 11) is 0. The van der Waals surface area contributed by atoms with E-state index in [9.17, 15) is 14.0 Å². The third kappa shape index (κ3) is 5.26. The van der Waals surface area contributed by atoms with Crippen LogP contribution in [0.25, 0.3) is 6.08 Å². The van der Waals surface area contributed by atoms with Gasteiger partial charge in [-0.1, -0.05) is 46.3 Å². The lowest BCUT2D eigenvalue weighted by Crippen LogP contribution is -2.30. The van der Waals surface area contributed by atoms with E-state index in [0.29, 0.717) is 17.9 Å². The van der Waals surface area contributed by atoms with Crippen molar-refractivity contribution in [3.05, 3.63) is 104 Å². The minimum atomic E-state index is -0.515. The molecule has 1 heterocycles. The first-order valence-corrected chi connectivity index (χ1v) is 11.2. The second kappa shape index (κ2) is 9.67. The smallest absolute Gasteiger partial charge is 0.329 e. The zero-order valence-electron chi connectivity index (χ0n) is 16.6. The summed E-state index contributed by atoms with van der Waals surface area (Å²) in [6, 6.07) is 18.4. The van der Waals surface area contributed by atoms with Gasteiger partial charge >= 0.3 is 6.03 Å². The molecule has 0 aromatic heterocycles. The molecule has 1 aliphatic rings. The monoisotopic (exact) mass is 558 g/mol. The number of carbonyl (C=O) groups is 2. The molecule has 3 aromatic rings. The molecule has 0 spiro atoms. The minimum Gasteiger partial charge on any atom is -0.488 e. The molecule has 1 aliphatic heterocycles. The van der Waals surface area contributed by atoms with Crippen molar-refractivity contribution in [1.82, 2.24) is 10.2 Å². The molecule has 3 amide bonds. The van der Waals surface area contributed by atoms with Gasteiger partial charge in [0.15, 0.2) is 0 Å². The van der Waals surface area contributed by atoms with Crippen molar-refractivity contribution in [2.45, 2.75) is 13.2 Å². The molecule has 1 N–H and O–H groups in total. The molecule has 4 rings (SSSR count). The van der Waals surface area contributed by atoms with Crippen LogP contribution in [0.2, 0.25) is 0 Å². The Morgan fingerprint density at radius 1 is 0.938 bits per heavy atom. The molecule has 0 unspecified atom stereocenters. The average molecular weight is 560 g/mol. The van der Waals surface area contributed by atoms with Gasteiger partial charge in [0.25, 0.3) is 5.91 Å². The van der Waals surface area contributed by atoms with E-state index in [1.165, 1.54) is 12.1 Å². The van der Waals surface area contributed by atoms with Crippen molar-refractivity contribution < 1.29 is 18.7 Å². The number of imide groups is 1. The van der Waals surface area contributed by atoms with Crippen LogP contribution >= 0.6 is 31.9 Å². The molecule has 1 saturated heterocycles. The van der Waals surface area contributed by atoms with Crippen LogP contribution in [0, 0.1) is 5.82 Å². The molecule has 0 radical (unpaired) electrons. The fourth-order valence-corrected chi connectivity index (χ4v) is 3.90. The molecule has 8 heteroatoms. The number of benzene rings is 3. The number of carbonyl (C=O) groups excluding carboxylic acids is 2. The molecule has 32 heavy (non-hydrogen) atoms. The summed E-state index contributed by atoms with van der Waals surface area (Å²) in [5, 5.41) is 2.59. The van der Waals surface area contributed by atoms with E-state index in [0.717, 1.165) is 25.0 Å². The van der Waals surface area contributed by atoms with Crippen molar-refractivity contribution in [2.75, 3.05) is 0 Å². The first kappa shape index (κ1) is 22.2. The van der Waals surface area contributed by atoms with E-state index in [2.05, 4.69) is 37.2 Å². The third-order valence-electron chi connectivity index (χ3n) is 4.79. The summed E-state index contributed by atoms with van der Waals surface area (Å²) in [5.74, 6) is -0.151. The molecule has 5 nitrogen and oxygen atoms in total. The quantitative estimate of drug-likeness (QED) is 0.297. The maximum Gasteiger partial charge on any atom is 0.329 e. The molecule has 1 fully saturated rings. The average Bonchev–Trinajstić information content (AvgIpc) is 3.03. The number of halogens is 3. The van der Waals surface area contributed by atoms with E-state index in [-0.39, 0.29) is 18.1 Å². The number of rotatable bonds is 6. The van der Waals surface area contributed by atoms with Gasteiger partial charge in [0.05, 0.1) is 11.0 Å². The number of urea groups is 1. The lowest BCUT2D eigenvalue weighted by atomic mass is 10.1. The fraction of sp³-hybridized carbons (Fsp3) is 0.0833. The van der Waals surface area contributed by atoms with Crippen LogP contribution in [0.1, 0.15) is 16.7 Å². The second-order valence-corrected chi connectivity index (χ2v) is 8.88. The standard InChI is InChI=1S/C24H17Br2FN2O3/c25-18-6-1-16(2-7-18)14-32-22-10-5-17(11-20(22)26)12-21-23(30)29(24(31)28-21)13-15-3-8-19(27)9-4-15/h1-12H,13-14H2,(H,28,31)/b21-12+. The summed E-state index contributed by atoms with van der Waals surface area (Å²) in [6.07, 6.45) is 1.61. The van der Waals surface area contributed by atoms with Gasteiger partial charge in [0.2, 0.25) is 0 Å².